The zero-order valence-corrected chi connectivity index (χ0v) is 13.5. The van der Waals surface area contributed by atoms with Gasteiger partial charge in [0.05, 0.1) is 11.8 Å². The van der Waals surface area contributed by atoms with Crippen LogP contribution in [0.25, 0.3) is 0 Å². The monoisotopic (exact) mass is 344 g/mol. The highest BCUT2D eigenvalue weighted by Gasteiger charge is 2.19. The van der Waals surface area contributed by atoms with Gasteiger partial charge >= 0.3 is 6.09 Å². The molecular formula is C18H20N2O5. The van der Waals surface area contributed by atoms with E-state index in [1.807, 2.05) is 30.3 Å². The summed E-state index contributed by atoms with van der Waals surface area (Å²) in [5.74, 6) is 0. The van der Waals surface area contributed by atoms with Crippen LogP contribution in [-0.4, -0.2) is 40.2 Å². The van der Waals surface area contributed by atoms with Gasteiger partial charge in [0.1, 0.15) is 12.7 Å². The van der Waals surface area contributed by atoms with Crippen molar-refractivity contribution in [1.82, 2.24) is 10.3 Å². The number of nitrogens with one attached hydrogen (secondary N) is 1. The van der Waals surface area contributed by atoms with E-state index in [9.17, 15) is 19.8 Å². The summed E-state index contributed by atoms with van der Waals surface area (Å²) in [6.07, 6.45) is -0.827. The van der Waals surface area contributed by atoms with Gasteiger partial charge in [-0.1, -0.05) is 30.3 Å². The van der Waals surface area contributed by atoms with Crippen molar-refractivity contribution in [3.63, 3.8) is 0 Å². The standard InChI is InChI=1S/C18H20N2O5/c21-11-14-6-7-15(20-10-14)17(23)16(22)8-9-19-18(24)25-12-13-4-2-1-3-5-13/h1-7,10-11,16-17,22-23H,8-9,12H2,(H,19,24). The van der Waals surface area contributed by atoms with Crippen LogP contribution < -0.4 is 5.32 Å². The SMILES string of the molecule is O=Cc1ccc(C(O)C(O)CCNC(=O)OCc2ccccc2)nc1. The van der Waals surface area contributed by atoms with Crippen LogP contribution in [0.4, 0.5) is 4.79 Å². The zero-order valence-electron chi connectivity index (χ0n) is 13.5. The number of hydrogen-bond acceptors (Lipinski definition) is 6. The Morgan fingerprint density at radius 1 is 1.20 bits per heavy atom. The topological polar surface area (TPSA) is 109 Å². The first kappa shape index (κ1) is 18.6. The van der Waals surface area contributed by atoms with E-state index in [4.69, 9.17) is 4.74 Å². The molecule has 7 nitrogen and oxygen atoms in total. The van der Waals surface area contributed by atoms with Crippen molar-refractivity contribution in [3.05, 3.63) is 65.5 Å². The number of rotatable bonds is 8. The van der Waals surface area contributed by atoms with Crippen LogP contribution in [0.2, 0.25) is 0 Å². The van der Waals surface area contributed by atoms with Crippen molar-refractivity contribution in [2.24, 2.45) is 0 Å². The Kier molecular flexibility index (Phi) is 7.06. The predicted octanol–water partition coefficient (Wildman–Crippen LogP) is 1.60. The summed E-state index contributed by atoms with van der Waals surface area (Å²) in [6, 6.07) is 12.2. The molecule has 2 unspecified atom stereocenters. The lowest BCUT2D eigenvalue weighted by Crippen LogP contribution is -2.30. The molecule has 1 aromatic heterocycles. The third kappa shape index (κ3) is 5.98. The Hall–Kier alpha value is -2.77. The van der Waals surface area contributed by atoms with E-state index < -0.39 is 18.3 Å². The van der Waals surface area contributed by atoms with Gasteiger partial charge in [-0.05, 0) is 24.1 Å². The minimum absolute atomic E-state index is 0.124. The van der Waals surface area contributed by atoms with Gasteiger partial charge in [-0.3, -0.25) is 9.78 Å². The number of aliphatic hydroxyl groups is 2. The number of hydrogen-bond donors (Lipinski definition) is 3. The molecule has 2 atom stereocenters. The van der Waals surface area contributed by atoms with E-state index in [0.29, 0.717) is 11.8 Å². The van der Waals surface area contributed by atoms with Crippen molar-refractivity contribution < 1.29 is 24.5 Å². The van der Waals surface area contributed by atoms with Crippen molar-refractivity contribution in [1.29, 1.82) is 0 Å². The molecule has 2 rings (SSSR count). The summed E-state index contributed by atoms with van der Waals surface area (Å²) < 4.78 is 5.04. The van der Waals surface area contributed by atoms with E-state index in [0.717, 1.165) is 5.56 Å². The van der Waals surface area contributed by atoms with Crippen molar-refractivity contribution in [2.75, 3.05) is 6.54 Å². The van der Waals surface area contributed by atoms with Crippen LogP contribution in [-0.2, 0) is 11.3 Å². The third-order valence-electron chi connectivity index (χ3n) is 3.54. The summed E-state index contributed by atoms with van der Waals surface area (Å²) in [7, 11) is 0. The average molecular weight is 344 g/mol. The molecule has 1 heterocycles. The first-order valence-corrected chi connectivity index (χ1v) is 7.82. The van der Waals surface area contributed by atoms with Crippen molar-refractivity contribution in [3.8, 4) is 0 Å². The summed E-state index contributed by atoms with van der Waals surface area (Å²) in [5, 5.41) is 22.5. The summed E-state index contributed by atoms with van der Waals surface area (Å²) in [6.45, 7) is 0.295. The maximum atomic E-state index is 11.6. The fourth-order valence-corrected chi connectivity index (χ4v) is 2.11. The quantitative estimate of drug-likeness (QED) is 0.628. The first-order chi connectivity index (χ1) is 12.1. The number of aliphatic hydroxyl groups excluding tert-OH is 2. The summed E-state index contributed by atoms with van der Waals surface area (Å²) in [4.78, 5) is 26.1. The molecule has 0 fully saturated rings. The summed E-state index contributed by atoms with van der Waals surface area (Å²) >= 11 is 0. The second-order valence-corrected chi connectivity index (χ2v) is 5.42. The van der Waals surface area contributed by atoms with Crippen LogP contribution in [0, 0.1) is 0 Å². The fourth-order valence-electron chi connectivity index (χ4n) is 2.11. The van der Waals surface area contributed by atoms with Gasteiger partial charge in [0.25, 0.3) is 0 Å². The molecule has 1 amide bonds. The molecule has 0 aliphatic rings. The Bertz CT molecular complexity index is 676. The highest BCUT2D eigenvalue weighted by atomic mass is 16.5. The fraction of sp³-hybridized carbons (Fsp3) is 0.278. The normalized spacial score (nSPS) is 12.9. The number of ether oxygens (including phenoxy) is 1. The second kappa shape index (κ2) is 9.51. The van der Waals surface area contributed by atoms with Gasteiger partial charge in [-0.2, -0.15) is 0 Å². The van der Waals surface area contributed by atoms with E-state index in [-0.39, 0.29) is 25.3 Å². The van der Waals surface area contributed by atoms with Gasteiger partial charge in [0.2, 0.25) is 0 Å². The van der Waals surface area contributed by atoms with Gasteiger partial charge in [0.15, 0.2) is 6.29 Å². The number of amides is 1. The molecule has 0 saturated heterocycles. The molecule has 2 aromatic rings. The Balaban J connectivity index is 1.70. The number of nitrogens with zero attached hydrogens (tertiary/aromatic N) is 1. The van der Waals surface area contributed by atoms with Crippen LogP contribution in [0.3, 0.4) is 0 Å². The zero-order chi connectivity index (χ0) is 18.1. The molecular weight excluding hydrogens is 324 g/mol. The number of alkyl carbamates (subject to hydrolysis) is 1. The van der Waals surface area contributed by atoms with Gasteiger partial charge in [-0.15, -0.1) is 0 Å². The van der Waals surface area contributed by atoms with Crippen LogP contribution in [0.5, 0.6) is 0 Å². The molecule has 0 spiro atoms. The maximum Gasteiger partial charge on any atom is 0.407 e. The predicted molar refractivity (Wildman–Crippen MR) is 89.8 cm³/mol. The number of aldehydes is 1. The highest BCUT2D eigenvalue weighted by molar-refractivity contribution is 5.73. The number of benzene rings is 1. The summed E-state index contributed by atoms with van der Waals surface area (Å²) in [5.41, 5.74) is 1.51. The van der Waals surface area contributed by atoms with Crippen LogP contribution >= 0.6 is 0 Å². The molecule has 0 bridgehead atoms. The molecule has 1 aromatic carbocycles. The Labute approximate surface area is 145 Å². The molecule has 0 saturated carbocycles. The Morgan fingerprint density at radius 2 is 1.96 bits per heavy atom. The first-order valence-electron chi connectivity index (χ1n) is 7.82. The minimum atomic E-state index is -1.21. The average Bonchev–Trinajstić information content (AvgIpc) is 2.66. The number of carbonyl (C=O) groups excluding carboxylic acids is 2. The molecule has 0 radical (unpaired) electrons. The smallest absolute Gasteiger partial charge is 0.407 e. The Morgan fingerprint density at radius 3 is 2.60 bits per heavy atom. The van der Waals surface area contributed by atoms with E-state index in [1.54, 1.807) is 0 Å². The lowest BCUT2D eigenvalue weighted by Gasteiger charge is -2.17. The van der Waals surface area contributed by atoms with Gasteiger partial charge < -0.3 is 20.3 Å². The largest absolute Gasteiger partial charge is 0.445 e. The van der Waals surface area contributed by atoms with Crippen molar-refractivity contribution >= 4 is 12.4 Å². The van der Waals surface area contributed by atoms with Gasteiger partial charge in [-0.25, -0.2) is 4.79 Å². The number of aromatic nitrogens is 1. The number of carbonyl (C=O) groups is 2. The van der Waals surface area contributed by atoms with Crippen LogP contribution in [0.1, 0.15) is 34.1 Å². The molecule has 132 valence electrons. The van der Waals surface area contributed by atoms with Crippen molar-refractivity contribution in [2.45, 2.75) is 25.2 Å². The molecule has 3 N–H and O–H groups in total. The van der Waals surface area contributed by atoms with Gasteiger partial charge in [0, 0.05) is 18.3 Å². The maximum absolute atomic E-state index is 11.6. The number of pyridine rings is 1. The molecule has 0 aliphatic heterocycles. The van der Waals surface area contributed by atoms with E-state index >= 15 is 0 Å². The lowest BCUT2D eigenvalue weighted by molar-refractivity contribution is 0.0111. The van der Waals surface area contributed by atoms with E-state index in [1.165, 1.54) is 18.3 Å². The third-order valence-corrected chi connectivity index (χ3v) is 3.54. The van der Waals surface area contributed by atoms with E-state index in [2.05, 4.69) is 10.3 Å². The lowest BCUT2D eigenvalue weighted by atomic mass is 10.1. The van der Waals surface area contributed by atoms with Crippen LogP contribution in [0.15, 0.2) is 48.7 Å². The highest BCUT2D eigenvalue weighted by Crippen LogP contribution is 2.16. The molecule has 0 aliphatic carbocycles. The second-order valence-electron chi connectivity index (χ2n) is 5.42. The molecule has 7 heteroatoms. The minimum Gasteiger partial charge on any atom is -0.445 e. The molecule has 25 heavy (non-hydrogen) atoms.